The number of aliphatic hydroxyl groups is 2. The normalized spacial score (nSPS) is 16.9. The molecule has 35 heavy (non-hydrogen) atoms. The van der Waals surface area contributed by atoms with Gasteiger partial charge in [0.05, 0.1) is 25.2 Å². The number of nitrogens with zero attached hydrogens (tertiary/aromatic N) is 2. The highest BCUT2D eigenvalue weighted by molar-refractivity contribution is 5.44. The Kier molecular flexibility index (Phi) is 8.29. The third-order valence-corrected chi connectivity index (χ3v) is 6.32. The molecule has 1 aromatic heterocycles. The van der Waals surface area contributed by atoms with Crippen LogP contribution < -0.4 is 10.9 Å². The Hall–Kier alpha value is -3.48. The van der Waals surface area contributed by atoms with Crippen LogP contribution in [0.15, 0.2) is 59.7 Å². The predicted octanol–water partition coefficient (Wildman–Crippen LogP) is 0.960. The molecule has 0 bridgehead atoms. The lowest BCUT2D eigenvalue weighted by Crippen LogP contribution is -2.52. The molecule has 2 heterocycles. The van der Waals surface area contributed by atoms with E-state index in [0.717, 1.165) is 42.9 Å². The van der Waals surface area contributed by atoms with Crippen LogP contribution in [0.4, 0.5) is 0 Å². The number of H-pyrrole nitrogens is 1. The number of benzene rings is 2. The summed E-state index contributed by atoms with van der Waals surface area (Å²) in [7, 11) is 0. The van der Waals surface area contributed by atoms with E-state index in [9.17, 15) is 20.1 Å². The molecular formula is C27H30N4O4. The van der Waals surface area contributed by atoms with E-state index in [1.54, 1.807) is 0 Å². The first-order valence-corrected chi connectivity index (χ1v) is 11.7. The number of aromatic nitrogens is 2. The Morgan fingerprint density at radius 2 is 1.74 bits per heavy atom. The fourth-order valence-corrected chi connectivity index (χ4v) is 4.20. The summed E-state index contributed by atoms with van der Waals surface area (Å²) in [5.74, 6) is 5.63. The molecule has 0 radical (unpaired) electrons. The molecule has 8 nitrogen and oxygen atoms in total. The van der Waals surface area contributed by atoms with Crippen LogP contribution in [-0.2, 0) is 13.0 Å². The summed E-state index contributed by atoms with van der Waals surface area (Å²) >= 11 is 0. The monoisotopic (exact) mass is 474 g/mol. The van der Waals surface area contributed by atoms with Crippen molar-refractivity contribution in [3.63, 3.8) is 0 Å². The molecule has 3 aromatic rings. The molecule has 5 N–H and O–H groups in total. The van der Waals surface area contributed by atoms with Gasteiger partial charge in [-0.05, 0) is 35.4 Å². The maximum Gasteiger partial charge on any atom is 0.293 e. The summed E-state index contributed by atoms with van der Waals surface area (Å²) in [4.78, 5) is 20.2. The highest BCUT2D eigenvalue weighted by Crippen LogP contribution is 2.22. The molecule has 182 valence electrons. The lowest BCUT2D eigenvalue weighted by molar-refractivity contribution is 0.0946. The van der Waals surface area contributed by atoms with Gasteiger partial charge in [0.25, 0.3) is 5.56 Å². The van der Waals surface area contributed by atoms with Crippen LogP contribution in [0.2, 0.25) is 0 Å². The van der Waals surface area contributed by atoms with Crippen molar-refractivity contribution < 1.29 is 15.3 Å². The van der Waals surface area contributed by atoms with Crippen molar-refractivity contribution in [2.75, 3.05) is 32.8 Å². The van der Waals surface area contributed by atoms with Gasteiger partial charge in [0.2, 0.25) is 5.75 Å². The Morgan fingerprint density at radius 1 is 1.06 bits per heavy atom. The molecule has 2 unspecified atom stereocenters. The fourth-order valence-electron chi connectivity index (χ4n) is 4.20. The third kappa shape index (κ3) is 6.35. The summed E-state index contributed by atoms with van der Waals surface area (Å²) in [6.07, 6.45) is 1.49. The molecule has 1 aliphatic heterocycles. The highest BCUT2D eigenvalue weighted by atomic mass is 16.3. The average Bonchev–Trinajstić information content (AvgIpc) is 2.90. The van der Waals surface area contributed by atoms with Crippen LogP contribution in [0.1, 0.15) is 33.9 Å². The van der Waals surface area contributed by atoms with E-state index in [0.29, 0.717) is 0 Å². The largest absolute Gasteiger partial charge is 0.502 e. The van der Waals surface area contributed by atoms with Gasteiger partial charge in [0.1, 0.15) is 0 Å². The first-order chi connectivity index (χ1) is 17.1. The van der Waals surface area contributed by atoms with Crippen molar-refractivity contribution in [2.24, 2.45) is 0 Å². The number of rotatable bonds is 7. The van der Waals surface area contributed by atoms with Crippen molar-refractivity contribution in [3.05, 3.63) is 93.2 Å². The van der Waals surface area contributed by atoms with Crippen molar-refractivity contribution >= 4 is 0 Å². The zero-order valence-corrected chi connectivity index (χ0v) is 19.4. The first kappa shape index (κ1) is 24.6. The van der Waals surface area contributed by atoms with Gasteiger partial charge in [-0.25, -0.2) is 4.98 Å². The lowest BCUT2D eigenvalue weighted by atomic mass is 9.94. The van der Waals surface area contributed by atoms with Crippen LogP contribution in [0.5, 0.6) is 5.75 Å². The number of piperazine rings is 1. The smallest absolute Gasteiger partial charge is 0.293 e. The van der Waals surface area contributed by atoms with Gasteiger partial charge in [-0.2, -0.15) is 0 Å². The zero-order valence-electron chi connectivity index (χ0n) is 19.4. The average molecular weight is 475 g/mol. The number of nitrogens with one attached hydrogen (secondary N) is 2. The third-order valence-electron chi connectivity index (χ3n) is 6.32. The second-order valence-corrected chi connectivity index (χ2v) is 8.69. The molecule has 8 heteroatoms. The van der Waals surface area contributed by atoms with Crippen LogP contribution in [-0.4, -0.2) is 69.1 Å². The molecule has 0 aliphatic carbocycles. The molecule has 4 rings (SSSR count). The molecular weight excluding hydrogens is 444 g/mol. The Morgan fingerprint density at radius 3 is 2.40 bits per heavy atom. The van der Waals surface area contributed by atoms with E-state index in [1.807, 2.05) is 36.4 Å². The zero-order chi connectivity index (χ0) is 24.6. The van der Waals surface area contributed by atoms with Crippen LogP contribution in [0.3, 0.4) is 0 Å². The highest BCUT2D eigenvalue weighted by Gasteiger charge is 2.21. The van der Waals surface area contributed by atoms with E-state index in [-0.39, 0.29) is 37.3 Å². The van der Waals surface area contributed by atoms with E-state index < -0.39 is 11.3 Å². The second kappa shape index (κ2) is 11.8. The van der Waals surface area contributed by atoms with Gasteiger partial charge in [-0.1, -0.05) is 36.1 Å². The van der Waals surface area contributed by atoms with Gasteiger partial charge < -0.3 is 25.6 Å². The summed E-state index contributed by atoms with van der Waals surface area (Å²) in [5, 5.41) is 32.6. The number of aromatic hydroxyl groups is 1. The number of hydrogen-bond acceptors (Lipinski definition) is 7. The second-order valence-electron chi connectivity index (χ2n) is 8.69. The molecule has 1 saturated heterocycles. The van der Waals surface area contributed by atoms with Crippen molar-refractivity contribution in [2.45, 2.75) is 24.9 Å². The van der Waals surface area contributed by atoms with E-state index in [4.69, 9.17) is 0 Å². The fraction of sp³-hybridized carbons (Fsp3) is 0.333. The van der Waals surface area contributed by atoms with Gasteiger partial charge in [-0.3, -0.25) is 9.69 Å². The van der Waals surface area contributed by atoms with Crippen LogP contribution >= 0.6 is 0 Å². The summed E-state index contributed by atoms with van der Waals surface area (Å²) < 4.78 is 0. The number of aliphatic hydroxyl groups excluding tert-OH is 2. The minimum absolute atomic E-state index is 0.141. The SMILES string of the molecule is O=c1[nH]cnc(CC(CO)c2ccc(C#Cc3ccc(CN4CCNCC4CO)cc3)cc2)c1O. The maximum absolute atomic E-state index is 11.6. The van der Waals surface area contributed by atoms with E-state index >= 15 is 0 Å². The summed E-state index contributed by atoms with van der Waals surface area (Å²) in [6, 6.07) is 15.9. The first-order valence-electron chi connectivity index (χ1n) is 11.7. The maximum atomic E-state index is 11.6. The summed E-state index contributed by atoms with van der Waals surface area (Å²) in [6.45, 7) is 3.48. The van der Waals surface area contributed by atoms with E-state index in [1.165, 1.54) is 11.9 Å². The quantitative estimate of drug-likeness (QED) is 0.324. The van der Waals surface area contributed by atoms with Gasteiger partial charge in [0, 0.05) is 55.7 Å². The number of hydrogen-bond donors (Lipinski definition) is 5. The molecule has 1 aliphatic rings. The molecule has 0 saturated carbocycles. The number of aromatic amines is 1. The Labute approximate surface area is 204 Å². The Balaban J connectivity index is 1.39. The molecule has 0 amide bonds. The predicted molar refractivity (Wildman–Crippen MR) is 133 cm³/mol. The van der Waals surface area contributed by atoms with Gasteiger partial charge in [-0.15, -0.1) is 0 Å². The Bertz CT molecular complexity index is 1230. The lowest BCUT2D eigenvalue weighted by Gasteiger charge is -2.35. The summed E-state index contributed by atoms with van der Waals surface area (Å²) in [5.41, 5.74) is 3.49. The standard InChI is InChI=1S/C27H30N4O4/c32-16-23(13-25-26(34)27(35)30-18-29-25)22-9-7-20(8-10-22)2-1-19-3-5-21(6-4-19)15-31-12-11-28-14-24(31)17-33/h3-10,18,23-24,28,32-34H,11-17H2,(H,29,30,35). The minimum atomic E-state index is -0.594. The van der Waals surface area contributed by atoms with Gasteiger partial charge >= 0.3 is 0 Å². The van der Waals surface area contributed by atoms with Crippen LogP contribution in [0, 0.1) is 11.8 Å². The van der Waals surface area contributed by atoms with Crippen LogP contribution in [0.25, 0.3) is 0 Å². The van der Waals surface area contributed by atoms with Crippen molar-refractivity contribution in [1.82, 2.24) is 20.2 Å². The van der Waals surface area contributed by atoms with Gasteiger partial charge in [0.15, 0.2) is 0 Å². The topological polar surface area (TPSA) is 122 Å². The molecule has 2 atom stereocenters. The van der Waals surface area contributed by atoms with E-state index in [2.05, 4.69) is 44.2 Å². The van der Waals surface area contributed by atoms with Crippen molar-refractivity contribution in [1.29, 1.82) is 0 Å². The minimum Gasteiger partial charge on any atom is -0.502 e. The molecule has 2 aromatic carbocycles. The van der Waals surface area contributed by atoms with Crippen molar-refractivity contribution in [3.8, 4) is 17.6 Å². The molecule has 1 fully saturated rings. The molecule has 0 spiro atoms.